The van der Waals surface area contributed by atoms with Crippen molar-refractivity contribution >= 4 is 33.7 Å². The van der Waals surface area contributed by atoms with Gasteiger partial charge in [-0.15, -0.1) is 0 Å². The van der Waals surface area contributed by atoms with E-state index < -0.39 is 22.0 Å². The zero-order chi connectivity index (χ0) is 15.6. The van der Waals surface area contributed by atoms with Gasteiger partial charge in [-0.2, -0.15) is 13.6 Å². The second-order valence-electron chi connectivity index (χ2n) is 4.84. The molecule has 0 aliphatic carbocycles. The molecule has 0 radical (unpaired) electrons. The lowest BCUT2D eigenvalue weighted by atomic mass is 10.2. The van der Waals surface area contributed by atoms with E-state index in [0.717, 1.165) is 0 Å². The topological polar surface area (TPSA) is 108 Å². The Labute approximate surface area is 122 Å². The van der Waals surface area contributed by atoms with Crippen LogP contribution in [0.2, 0.25) is 5.02 Å². The first kappa shape index (κ1) is 16.5. The van der Waals surface area contributed by atoms with Gasteiger partial charge >= 0.3 is 16.4 Å². The lowest BCUT2D eigenvalue weighted by Gasteiger charge is -2.20. The summed E-state index contributed by atoms with van der Waals surface area (Å²) in [5, 5.41) is 7.40. The van der Waals surface area contributed by atoms with E-state index in [2.05, 4.69) is 9.50 Å². The Morgan fingerprint density at radius 3 is 2.45 bits per heavy atom. The average molecular weight is 323 g/mol. The van der Waals surface area contributed by atoms with Crippen LogP contribution in [0.4, 0.5) is 10.5 Å². The second-order valence-corrected chi connectivity index (χ2v) is 6.43. The minimum atomic E-state index is -4.22. The number of nitrogens with two attached hydrogens (primary N) is 1. The molecule has 0 heterocycles. The number of anilines is 1. The lowest BCUT2D eigenvalue weighted by Crippen LogP contribution is -2.27. The molecule has 0 unspecified atom stereocenters. The van der Waals surface area contributed by atoms with Gasteiger partial charge in [0.15, 0.2) is 5.75 Å². The van der Waals surface area contributed by atoms with Gasteiger partial charge in [0, 0.05) is 5.02 Å². The van der Waals surface area contributed by atoms with E-state index >= 15 is 0 Å². The van der Waals surface area contributed by atoms with Crippen LogP contribution in [-0.4, -0.2) is 20.1 Å². The molecule has 7 nitrogen and oxygen atoms in total. The number of nitrogens with one attached hydrogen (secondary N) is 1. The first-order valence-corrected chi connectivity index (χ1v) is 7.33. The SMILES string of the molecule is CC(C)(C)OC(=O)Nc1cc(Cl)ccc1OS(N)(=O)=O. The normalized spacial score (nSPS) is 11.8. The van der Waals surface area contributed by atoms with Gasteiger partial charge in [-0.25, -0.2) is 4.79 Å². The number of rotatable bonds is 3. The van der Waals surface area contributed by atoms with Crippen LogP contribution in [-0.2, 0) is 15.0 Å². The van der Waals surface area contributed by atoms with E-state index in [1.54, 1.807) is 20.8 Å². The fraction of sp³-hybridized carbons (Fsp3) is 0.364. The van der Waals surface area contributed by atoms with E-state index in [1.807, 2.05) is 0 Å². The van der Waals surface area contributed by atoms with Crippen molar-refractivity contribution in [3.8, 4) is 5.75 Å². The fourth-order valence-electron chi connectivity index (χ4n) is 1.21. The summed E-state index contributed by atoms with van der Waals surface area (Å²) in [7, 11) is -4.22. The zero-order valence-electron chi connectivity index (χ0n) is 11.1. The lowest BCUT2D eigenvalue weighted by molar-refractivity contribution is 0.0635. The maximum absolute atomic E-state index is 11.6. The van der Waals surface area contributed by atoms with Gasteiger partial charge in [0.25, 0.3) is 0 Å². The van der Waals surface area contributed by atoms with Gasteiger partial charge in [-0.1, -0.05) is 11.6 Å². The minimum Gasteiger partial charge on any atom is -0.444 e. The summed E-state index contributed by atoms with van der Waals surface area (Å²) >= 11 is 5.78. The van der Waals surface area contributed by atoms with E-state index in [0.29, 0.717) is 0 Å². The molecule has 0 bridgehead atoms. The maximum atomic E-state index is 11.6. The van der Waals surface area contributed by atoms with E-state index in [-0.39, 0.29) is 16.5 Å². The highest BCUT2D eigenvalue weighted by Crippen LogP contribution is 2.29. The number of halogens is 1. The van der Waals surface area contributed by atoms with Gasteiger partial charge in [-0.05, 0) is 39.0 Å². The van der Waals surface area contributed by atoms with Gasteiger partial charge in [0.2, 0.25) is 0 Å². The molecule has 0 saturated heterocycles. The Morgan fingerprint density at radius 2 is 1.95 bits per heavy atom. The molecule has 0 aliphatic rings. The smallest absolute Gasteiger partial charge is 0.412 e. The number of amides is 1. The van der Waals surface area contributed by atoms with Crippen LogP contribution in [0.1, 0.15) is 20.8 Å². The molecular weight excluding hydrogens is 308 g/mol. The molecule has 1 aromatic carbocycles. The first-order chi connectivity index (χ1) is 8.96. The van der Waals surface area contributed by atoms with Crippen molar-refractivity contribution in [1.29, 1.82) is 0 Å². The molecule has 9 heteroatoms. The van der Waals surface area contributed by atoms with Gasteiger partial charge in [0.05, 0.1) is 5.69 Å². The molecule has 0 saturated carbocycles. The minimum absolute atomic E-state index is 0.0285. The molecule has 1 amide bonds. The Hall–Kier alpha value is -1.51. The van der Waals surface area contributed by atoms with Crippen LogP contribution in [0.3, 0.4) is 0 Å². The van der Waals surface area contributed by atoms with E-state index in [9.17, 15) is 13.2 Å². The number of hydrogen-bond acceptors (Lipinski definition) is 5. The highest BCUT2D eigenvalue weighted by atomic mass is 35.5. The number of hydrogen-bond donors (Lipinski definition) is 2. The number of carbonyl (C=O) groups excluding carboxylic acids is 1. The fourth-order valence-corrected chi connectivity index (χ4v) is 1.78. The molecule has 20 heavy (non-hydrogen) atoms. The summed E-state index contributed by atoms with van der Waals surface area (Å²) in [5.74, 6) is -0.164. The Balaban J connectivity index is 2.98. The summed E-state index contributed by atoms with van der Waals surface area (Å²) in [4.78, 5) is 11.6. The summed E-state index contributed by atoms with van der Waals surface area (Å²) in [6, 6.07) is 3.97. The van der Waals surface area contributed by atoms with Crippen LogP contribution in [0.5, 0.6) is 5.75 Å². The molecular formula is C11H15ClN2O5S. The molecule has 0 aliphatic heterocycles. The van der Waals surface area contributed by atoms with Gasteiger partial charge in [0.1, 0.15) is 5.60 Å². The quantitative estimate of drug-likeness (QED) is 0.887. The molecule has 0 atom stereocenters. The maximum Gasteiger partial charge on any atom is 0.412 e. The molecule has 3 N–H and O–H groups in total. The average Bonchev–Trinajstić information content (AvgIpc) is 2.17. The third-order valence-corrected chi connectivity index (χ3v) is 2.43. The zero-order valence-corrected chi connectivity index (χ0v) is 12.7. The second kappa shape index (κ2) is 5.86. The Kier molecular flexibility index (Phi) is 4.85. The molecule has 0 fully saturated rings. The van der Waals surface area contributed by atoms with Crippen molar-refractivity contribution in [1.82, 2.24) is 0 Å². The van der Waals surface area contributed by atoms with Gasteiger partial charge < -0.3 is 8.92 Å². The van der Waals surface area contributed by atoms with Crippen molar-refractivity contribution in [2.24, 2.45) is 5.14 Å². The van der Waals surface area contributed by atoms with Crippen molar-refractivity contribution < 1.29 is 22.1 Å². The molecule has 1 aromatic rings. The van der Waals surface area contributed by atoms with Gasteiger partial charge in [-0.3, -0.25) is 5.32 Å². The summed E-state index contributed by atoms with van der Waals surface area (Å²) in [5.41, 5.74) is -0.676. The third-order valence-electron chi connectivity index (χ3n) is 1.78. The molecule has 1 rings (SSSR count). The van der Waals surface area contributed by atoms with Crippen LogP contribution >= 0.6 is 11.6 Å². The first-order valence-electron chi connectivity index (χ1n) is 5.48. The van der Waals surface area contributed by atoms with Crippen LogP contribution in [0.15, 0.2) is 18.2 Å². The van der Waals surface area contributed by atoms with E-state index in [4.69, 9.17) is 21.5 Å². The monoisotopic (exact) mass is 322 g/mol. The standard InChI is InChI=1S/C11H15ClN2O5S/c1-11(2,3)18-10(15)14-8-6-7(12)4-5-9(8)19-20(13,16)17/h4-6H,1-3H3,(H,14,15)(H2,13,16,17). The van der Waals surface area contributed by atoms with Crippen LogP contribution in [0.25, 0.3) is 0 Å². The third kappa shape index (κ3) is 6.09. The highest BCUT2D eigenvalue weighted by molar-refractivity contribution is 7.84. The van der Waals surface area contributed by atoms with Crippen molar-refractivity contribution in [3.63, 3.8) is 0 Å². The van der Waals surface area contributed by atoms with E-state index in [1.165, 1.54) is 18.2 Å². The van der Waals surface area contributed by atoms with Crippen molar-refractivity contribution in [2.75, 3.05) is 5.32 Å². The summed E-state index contributed by atoms with van der Waals surface area (Å²) in [6.45, 7) is 5.06. The van der Waals surface area contributed by atoms with Crippen LogP contribution in [0, 0.1) is 0 Å². The largest absolute Gasteiger partial charge is 0.444 e. The Morgan fingerprint density at radius 1 is 1.35 bits per heavy atom. The molecule has 0 spiro atoms. The molecule has 112 valence electrons. The predicted molar refractivity (Wildman–Crippen MR) is 75.0 cm³/mol. The highest BCUT2D eigenvalue weighted by Gasteiger charge is 2.19. The van der Waals surface area contributed by atoms with Crippen molar-refractivity contribution in [2.45, 2.75) is 26.4 Å². The summed E-state index contributed by atoms with van der Waals surface area (Å²) in [6.07, 6.45) is -0.779. The Bertz CT molecular complexity index is 610. The van der Waals surface area contributed by atoms with Crippen LogP contribution < -0.4 is 14.6 Å². The number of ether oxygens (including phenoxy) is 1. The number of benzene rings is 1. The molecule has 0 aromatic heterocycles. The number of carbonyl (C=O) groups is 1. The summed E-state index contributed by atoms with van der Waals surface area (Å²) < 4.78 is 31.4. The van der Waals surface area contributed by atoms with Crippen molar-refractivity contribution in [3.05, 3.63) is 23.2 Å². The predicted octanol–water partition coefficient (Wildman–Crippen LogP) is 2.27.